The molecule has 1 unspecified atom stereocenters. The number of hydrogen-bond acceptors (Lipinski definition) is 5. The van der Waals surface area contributed by atoms with Crippen LogP contribution in [0.1, 0.15) is 32.2 Å². The van der Waals surface area contributed by atoms with Crippen LogP contribution in [0.2, 0.25) is 0 Å². The van der Waals surface area contributed by atoms with E-state index in [1.807, 2.05) is 35.9 Å². The lowest BCUT2D eigenvalue weighted by Crippen LogP contribution is -2.34. The van der Waals surface area contributed by atoms with Crippen molar-refractivity contribution in [1.29, 1.82) is 0 Å². The van der Waals surface area contributed by atoms with Crippen molar-refractivity contribution in [3.8, 4) is 11.4 Å². The Morgan fingerprint density at radius 1 is 1.52 bits per heavy atom. The highest BCUT2D eigenvalue weighted by Crippen LogP contribution is 2.36. The Balaban J connectivity index is 1.83. The summed E-state index contributed by atoms with van der Waals surface area (Å²) in [5.41, 5.74) is 7.31. The Hall–Kier alpha value is -2.28. The van der Waals surface area contributed by atoms with Gasteiger partial charge in [-0.05, 0) is 41.8 Å². The van der Waals surface area contributed by atoms with Crippen LogP contribution >= 0.6 is 0 Å². The maximum Gasteiger partial charge on any atom is 0.241 e. The summed E-state index contributed by atoms with van der Waals surface area (Å²) in [6.07, 6.45) is 2.82. The van der Waals surface area contributed by atoms with Crippen LogP contribution in [-0.4, -0.2) is 32.2 Å². The van der Waals surface area contributed by atoms with Crippen molar-refractivity contribution in [2.24, 2.45) is 5.73 Å². The monoisotopic (exact) mass is 286 g/mol. The van der Waals surface area contributed by atoms with Crippen LogP contribution in [0.3, 0.4) is 0 Å². The predicted molar refractivity (Wildman–Crippen MR) is 78.4 cm³/mol. The molecule has 1 atom stereocenters. The van der Waals surface area contributed by atoms with Gasteiger partial charge in [-0.25, -0.2) is 4.68 Å². The van der Waals surface area contributed by atoms with Crippen molar-refractivity contribution in [3.63, 3.8) is 0 Å². The van der Waals surface area contributed by atoms with Crippen molar-refractivity contribution in [1.82, 2.24) is 20.2 Å². The second kappa shape index (κ2) is 5.61. The van der Waals surface area contributed by atoms with E-state index < -0.39 is 6.04 Å². The summed E-state index contributed by atoms with van der Waals surface area (Å²) in [5.74, 6) is 0.546. The minimum absolute atomic E-state index is 0.184. The quantitative estimate of drug-likeness (QED) is 0.864. The van der Waals surface area contributed by atoms with Crippen molar-refractivity contribution in [2.45, 2.75) is 38.3 Å². The number of amides is 1. The first-order valence-electron chi connectivity index (χ1n) is 7.13. The van der Waals surface area contributed by atoms with Gasteiger partial charge < -0.3 is 11.1 Å². The predicted octanol–water partition coefficient (Wildman–Crippen LogP) is 1.35. The van der Waals surface area contributed by atoms with Crippen LogP contribution in [0, 0.1) is 0 Å². The van der Waals surface area contributed by atoms with Crippen molar-refractivity contribution >= 4 is 11.6 Å². The fraction of sp³-hybridized carbons (Fsp3) is 0.429. The number of hydrogen-bond donors (Lipinski definition) is 2. The minimum Gasteiger partial charge on any atom is -0.325 e. The third-order valence-corrected chi connectivity index (χ3v) is 3.55. The van der Waals surface area contributed by atoms with Gasteiger partial charge in [-0.2, -0.15) is 0 Å². The molecule has 110 valence electrons. The summed E-state index contributed by atoms with van der Waals surface area (Å²) < 4.78 is 1.85. The Labute approximate surface area is 122 Å². The van der Waals surface area contributed by atoms with Crippen LogP contribution in [-0.2, 0) is 4.79 Å². The van der Waals surface area contributed by atoms with Crippen LogP contribution < -0.4 is 11.1 Å². The van der Waals surface area contributed by atoms with Gasteiger partial charge in [0.25, 0.3) is 0 Å². The van der Waals surface area contributed by atoms with Gasteiger partial charge in [-0.1, -0.05) is 19.1 Å². The molecule has 1 saturated carbocycles. The van der Waals surface area contributed by atoms with E-state index >= 15 is 0 Å². The summed E-state index contributed by atoms with van der Waals surface area (Å²) in [7, 11) is 0. The zero-order valence-corrected chi connectivity index (χ0v) is 11.9. The number of nitrogens with two attached hydrogens (primary N) is 1. The van der Waals surface area contributed by atoms with Gasteiger partial charge in [0.15, 0.2) is 5.82 Å². The lowest BCUT2D eigenvalue weighted by molar-refractivity contribution is -0.117. The van der Waals surface area contributed by atoms with Crippen LogP contribution in [0.25, 0.3) is 11.4 Å². The second-order valence-electron chi connectivity index (χ2n) is 5.26. The van der Waals surface area contributed by atoms with Crippen LogP contribution in [0.15, 0.2) is 24.3 Å². The van der Waals surface area contributed by atoms with E-state index in [2.05, 4.69) is 20.8 Å². The molecule has 1 aromatic heterocycles. The lowest BCUT2D eigenvalue weighted by atomic mass is 10.1. The highest BCUT2D eigenvalue weighted by Gasteiger charge is 2.28. The molecule has 0 bridgehead atoms. The zero-order chi connectivity index (χ0) is 14.8. The number of benzene rings is 1. The van der Waals surface area contributed by atoms with Crippen LogP contribution in [0.5, 0.6) is 0 Å². The molecule has 3 N–H and O–H groups in total. The van der Waals surface area contributed by atoms with E-state index in [4.69, 9.17) is 5.73 Å². The van der Waals surface area contributed by atoms with Gasteiger partial charge in [-0.3, -0.25) is 4.79 Å². The summed E-state index contributed by atoms with van der Waals surface area (Å²) >= 11 is 0. The molecule has 1 aromatic carbocycles. The molecule has 1 amide bonds. The van der Waals surface area contributed by atoms with E-state index in [-0.39, 0.29) is 5.91 Å². The highest BCUT2D eigenvalue weighted by atomic mass is 16.2. The molecule has 1 fully saturated rings. The second-order valence-corrected chi connectivity index (χ2v) is 5.26. The molecule has 21 heavy (non-hydrogen) atoms. The number of rotatable bonds is 5. The molecule has 7 nitrogen and oxygen atoms in total. The molecule has 1 aliphatic carbocycles. The third kappa shape index (κ3) is 2.92. The van der Waals surface area contributed by atoms with Crippen LogP contribution in [0.4, 0.5) is 5.69 Å². The molecule has 0 spiro atoms. The number of carbonyl (C=O) groups excluding carboxylic acids is 1. The van der Waals surface area contributed by atoms with Crippen molar-refractivity contribution in [2.75, 3.05) is 5.32 Å². The largest absolute Gasteiger partial charge is 0.325 e. The number of carbonyl (C=O) groups is 1. The van der Waals surface area contributed by atoms with E-state index in [1.165, 1.54) is 0 Å². The van der Waals surface area contributed by atoms with Gasteiger partial charge in [-0.15, -0.1) is 5.10 Å². The number of aromatic nitrogens is 4. The Bertz CT molecular complexity index is 648. The first-order valence-corrected chi connectivity index (χ1v) is 7.13. The maximum atomic E-state index is 11.8. The average Bonchev–Trinajstić information content (AvgIpc) is 3.23. The first-order chi connectivity index (χ1) is 10.2. The SMILES string of the molecule is CCC(N)C(=O)Nc1cccc(-c2nnnn2C2CC2)c1. The maximum absolute atomic E-state index is 11.8. The van der Waals surface area contributed by atoms with Gasteiger partial charge >= 0.3 is 0 Å². The van der Waals surface area contributed by atoms with E-state index in [1.54, 1.807) is 0 Å². The molecule has 1 heterocycles. The summed E-state index contributed by atoms with van der Waals surface area (Å²) in [6, 6.07) is 7.40. The molecular weight excluding hydrogens is 268 g/mol. The van der Waals surface area contributed by atoms with E-state index in [0.29, 0.717) is 18.2 Å². The number of nitrogens with one attached hydrogen (secondary N) is 1. The van der Waals surface area contributed by atoms with Gasteiger partial charge in [0.05, 0.1) is 12.1 Å². The standard InChI is InChI=1S/C14H18N6O/c1-2-12(15)14(21)16-10-5-3-4-9(8-10)13-17-18-19-20(13)11-6-7-11/h3-5,8,11-12H,2,6-7,15H2,1H3,(H,16,21). The smallest absolute Gasteiger partial charge is 0.241 e. The third-order valence-electron chi connectivity index (χ3n) is 3.55. The topological polar surface area (TPSA) is 98.7 Å². The molecule has 0 saturated heterocycles. The molecule has 0 aliphatic heterocycles. The van der Waals surface area contributed by atoms with Gasteiger partial charge in [0.2, 0.25) is 5.91 Å². The Morgan fingerprint density at radius 3 is 3.05 bits per heavy atom. The fourth-order valence-electron chi connectivity index (χ4n) is 2.11. The molecule has 0 radical (unpaired) electrons. The van der Waals surface area contributed by atoms with Gasteiger partial charge in [0.1, 0.15) is 0 Å². The Kier molecular flexibility index (Phi) is 3.66. The number of tetrazole rings is 1. The molecular formula is C14H18N6O. The molecule has 1 aliphatic rings. The number of anilines is 1. The Morgan fingerprint density at radius 2 is 2.33 bits per heavy atom. The fourth-order valence-corrected chi connectivity index (χ4v) is 2.11. The van der Waals surface area contributed by atoms with Gasteiger partial charge in [0, 0.05) is 11.3 Å². The lowest BCUT2D eigenvalue weighted by Gasteiger charge is -2.11. The molecule has 2 aromatic rings. The summed E-state index contributed by atoms with van der Waals surface area (Å²) in [5, 5.41) is 14.7. The summed E-state index contributed by atoms with van der Waals surface area (Å²) in [6.45, 7) is 1.88. The van der Waals surface area contributed by atoms with E-state index in [9.17, 15) is 4.79 Å². The average molecular weight is 286 g/mol. The minimum atomic E-state index is -0.495. The summed E-state index contributed by atoms with van der Waals surface area (Å²) in [4.78, 5) is 11.8. The van der Waals surface area contributed by atoms with E-state index in [0.717, 1.165) is 24.2 Å². The molecule has 7 heteroatoms. The first kappa shape index (κ1) is 13.7. The van der Waals surface area contributed by atoms with Crippen molar-refractivity contribution in [3.05, 3.63) is 24.3 Å². The zero-order valence-electron chi connectivity index (χ0n) is 11.9. The number of nitrogens with zero attached hydrogens (tertiary/aromatic N) is 4. The molecule has 3 rings (SSSR count). The highest BCUT2D eigenvalue weighted by molar-refractivity contribution is 5.95. The normalized spacial score (nSPS) is 15.7. The van der Waals surface area contributed by atoms with Crippen molar-refractivity contribution < 1.29 is 4.79 Å².